The van der Waals surface area contributed by atoms with E-state index in [0.29, 0.717) is 0 Å². The van der Waals surface area contributed by atoms with E-state index in [4.69, 9.17) is 0 Å². The largest absolute Gasteiger partial charge is 0.380 e. The van der Waals surface area contributed by atoms with E-state index < -0.39 is 0 Å². The Hall–Kier alpha value is -1.24. The number of rotatable bonds is 4. The summed E-state index contributed by atoms with van der Waals surface area (Å²) in [4.78, 5) is 0. The van der Waals surface area contributed by atoms with Gasteiger partial charge in [-0.05, 0) is 39.3 Å². The molecule has 0 bridgehead atoms. The van der Waals surface area contributed by atoms with E-state index in [-0.39, 0.29) is 5.54 Å². The summed E-state index contributed by atoms with van der Waals surface area (Å²) >= 11 is 0. The van der Waals surface area contributed by atoms with Crippen molar-refractivity contribution >= 4 is 5.69 Å². The quantitative estimate of drug-likeness (QED) is 0.709. The van der Waals surface area contributed by atoms with Crippen LogP contribution in [0.4, 0.5) is 5.69 Å². The zero-order valence-electron chi connectivity index (χ0n) is 9.25. The Morgan fingerprint density at radius 2 is 1.86 bits per heavy atom. The van der Waals surface area contributed by atoms with Gasteiger partial charge in [0.2, 0.25) is 0 Å². The summed E-state index contributed by atoms with van der Waals surface area (Å²) in [6.45, 7) is 6.47. The first kappa shape index (κ1) is 10.8. The molecule has 0 aliphatic carbocycles. The van der Waals surface area contributed by atoms with Crippen molar-refractivity contribution in [2.75, 3.05) is 5.32 Å². The van der Waals surface area contributed by atoms with E-state index in [1.807, 2.05) is 18.2 Å². The normalized spacial score (nSPS) is 11.9. The maximum atomic E-state index is 3.50. The number of hydrogen-bond donors (Lipinski definition) is 1. The minimum Gasteiger partial charge on any atom is -0.380 e. The number of allylic oxidation sites excluding steroid dienone is 1. The molecule has 1 aromatic carbocycles. The van der Waals surface area contributed by atoms with Gasteiger partial charge in [-0.1, -0.05) is 30.4 Å². The highest BCUT2D eigenvalue weighted by atomic mass is 15.0. The molecule has 0 amide bonds. The Bertz CT molecular complexity index is 285. The fourth-order valence-corrected chi connectivity index (χ4v) is 1.38. The fourth-order valence-electron chi connectivity index (χ4n) is 1.38. The summed E-state index contributed by atoms with van der Waals surface area (Å²) in [5.41, 5.74) is 1.30. The predicted octanol–water partition coefficient (Wildman–Crippen LogP) is 3.84. The highest BCUT2D eigenvalue weighted by Gasteiger charge is 2.14. The summed E-state index contributed by atoms with van der Waals surface area (Å²) in [5.74, 6) is 0. The van der Waals surface area contributed by atoms with E-state index in [0.717, 1.165) is 6.42 Å². The highest BCUT2D eigenvalue weighted by molar-refractivity contribution is 5.44. The van der Waals surface area contributed by atoms with Crippen molar-refractivity contribution in [1.82, 2.24) is 0 Å². The monoisotopic (exact) mass is 189 g/mol. The maximum absolute atomic E-state index is 3.50. The van der Waals surface area contributed by atoms with Crippen LogP contribution in [0, 0.1) is 0 Å². The molecule has 0 aliphatic rings. The van der Waals surface area contributed by atoms with Crippen LogP contribution in [0.2, 0.25) is 0 Å². The first-order valence-electron chi connectivity index (χ1n) is 5.08. The summed E-state index contributed by atoms with van der Waals surface area (Å²) in [6.07, 6.45) is 5.32. The zero-order valence-corrected chi connectivity index (χ0v) is 9.25. The molecular weight excluding hydrogens is 170 g/mol. The van der Waals surface area contributed by atoms with Gasteiger partial charge < -0.3 is 5.32 Å². The van der Waals surface area contributed by atoms with E-state index in [1.165, 1.54) is 5.69 Å². The minimum absolute atomic E-state index is 0.119. The lowest BCUT2D eigenvalue weighted by Crippen LogP contribution is -2.29. The molecule has 0 saturated carbocycles. The molecule has 0 unspecified atom stereocenters. The lowest BCUT2D eigenvalue weighted by molar-refractivity contribution is 0.576. The molecule has 1 heteroatoms. The molecule has 0 heterocycles. The molecule has 1 aromatic rings. The van der Waals surface area contributed by atoms with Gasteiger partial charge in [-0.25, -0.2) is 0 Å². The number of para-hydroxylation sites is 1. The molecule has 1 nitrogen and oxygen atoms in total. The summed E-state index contributed by atoms with van der Waals surface area (Å²) < 4.78 is 0. The SMILES string of the molecule is CC=CCC(C)(C)Nc1ccccc1. The fraction of sp³-hybridized carbons (Fsp3) is 0.385. The molecule has 0 aliphatic heterocycles. The van der Waals surface area contributed by atoms with Gasteiger partial charge in [0, 0.05) is 11.2 Å². The summed E-state index contributed by atoms with van der Waals surface area (Å²) in [5, 5.41) is 3.50. The van der Waals surface area contributed by atoms with Crippen LogP contribution in [-0.2, 0) is 0 Å². The van der Waals surface area contributed by atoms with Gasteiger partial charge in [-0.15, -0.1) is 0 Å². The lowest BCUT2D eigenvalue weighted by atomic mass is 10.00. The summed E-state index contributed by atoms with van der Waals surface area (Å²) in [6, 6.07) is 10.3. The number of benzene rings is 1. The van der Waals surface area contributed by atoms with Crippen molar-refractivity contribution in [3.63, 3.8) is 0 Å². The van der Waals surface area contributed by atoms with Gasteiger partial charge in [0.05, 0.1) is 0 Å². The van der Waals surface area contributed by atoms with Crippen LogP contribution < -0.4 is 5.32 Å². The molecule has 0 saturated heterocycles. The first-order chi connectivity index (χ1) is 6.64. The van der Waals surface area contributed by atoms with Crippen molar-refractivity contribution in [1.29, 1.82) is 0 Å². The Labute approximate surface area is 86.8 Å². The van der Waals surface area contributed by atoms with Crippen LogP contribution in [-0.4, -0.2) is 5.54 Å². The Kier molecular flexibility index (Phi) is 3.75. The van der Waals surface area contributed by atoms with E-state index in [1.54, 1.807) is 0 Å². The van der Waals surface area contributed by atoms with Crippen LogP contribution in [0.5, 0.6) is 0 Å². The van der Waals surface area contributed by atoms with E-state index in [2.05, 4.69) is 50.4 Å². The first-order valence-corrected chi connectivity index (χ1v) is 5.08. The van der Waals surface area contributed by atoms with Crippen molar-refractivity contribution in [3.05, 3.63) is 42.5 Å². The third-order valence-corrected chi connectivity index (χ3v) is 2.12. The van der Waals surface area contributed by atoms with Crippen molar-refractivity contribution in [2.45, 2.75) is 32.7 Å². The Morgan fingerprint density at radius 1 is 1.21 bits per heavy atom. The van der Waals surface area contributed by atoms with Gasteiger partial charge in [-0.2, -0.15) is 0 Å². The van der Waals surface area contributed by atoms with Crippen LogP contribution in [0.3, 0.4) is 0 Å². The van der Waals surface area contributed by atoms with Gasteiger partial charge in [0.1, 0.15) is 0 Å². The predicted molar refractivity (Wildman–Crippen MR) is 63.6 cm³/mol. The Morgan fingerprint density at radius 3 is 2.43 bits per heavy atom. The second-order valence-electron chi connectivity index (χ2n) is 4.15. The molecule has 1 N–H and O–H groups in total. The molecule has 0 aromatic heterocycles. The van der Waals surface area contributed by atoms with E-state index >= 15 is 0 Å². The highest BCUT2D eigenvalue weighted by Crippen LogP contribution is 2.17. The molecular formula is C13H19N. The van der Waals surface area contributed by atoms with Gasteiger partial charge in [0.15, 0.2) is 0 Å². The van der Waals surface area contributed by atoms with Crippen molar-refractivity contribution in [3.8, 4) is 0 Å². The number of hydrogen-bond acceptors (Lipinski definition) is 1. The molecule has 1 rings (SSSR count). The van der Waals surface area contributed by atoms with Gasteiger partial charge in [0.25, 0.3) is 0 Å². The zero-order chi connectivity index (χ0) is 10.4. The topological polar surface area (TPSA) is 12.0 Å². The number of nitrogens with one attached hydrogen (secondary N) is 1. The van der Waals surface area contributed by atoms with Crippen LogP contribution in [0.15, 0.2) is 42.5 Å². The molecule has 76 valence electrons. The minimum atomic E-state index is 0.119. The van der Waals surface area contributed by atoms with E-state index in [9.17, 15) is 0 Å². The standard InChI is InChI=1S/C13H19N/c1-4-5-11-13(2,3)14-12-9-7-6-8-10-12/h4-10,14H,11H2,1-3H3. The molecule has 14 heavy (non-hydrogen) atoms. The average Bonchev–Trinajstić information content (AvgIpc) is 2.16. The van der Waals surface area contributed by atoms with Gasteiger partial charge in [-0.3, -0.25) is 0 Å². The van der Waals surface area contributed by atoms with Crippen LogP contribution in [0.25, 0.3) is 0 Å². The Balaban J connectivity index is 2.59. The molecule has 0 radical (unpaired) electrons. The third-order valence-electron chi connectivity index (χ3n) is 2.12. The number of anilines is 1. The van der Waals surface area contributed by atoms with Crippen LogP contribution in [0.1, 0.15) is 27.2 Å². The maximum Gasteiger partial charge on any atom is 0.0351 e. The molecule has 0 spiro atoms. The molecule has 0 atom stereocenters. The summed E-state index contributed by atoms with van der Waals surface area (Å²) in [7, 11) is 0. The smallest absolute Gasteiger partial charge is 0.0351 e. The lowest BCUT2D eigenvalue weighted by Gasteiger charge is -2.26. The second kappa shape index (κ2) is 4.85. The van der Waals surface area contributed by atoms with Gasteiger partial charge >= 0.3 is 0 Å². The third kappa shape index (κ3) is 3.65. The van der Waals surface area contributed by atoms with Crippen molar-refractivity contribution < 1.29 is 0 Å². The van der Waals surface area contributed by atoms with Crippen molar-refractivity contribution in [2.24, 2.45) is 0 Å². The average molecular weight is 189 g/mol. The van der Waals surface area contributed by atoms with Crippen LogP contribution >= 0.6 is 0 Å². The molecule has 0 fully saturated rings. The second-order valence-corrected chi connectivity index (χ2v) is 4.15.